The first-order chi connectivity index (χ1) is 12.6. The van der Waals surface area contributed by atoms with Gasteiger partial charge in [0.25, 0.3) is 0 Å². The van der Waals surface area contributed by atoms with E-state index in [-0.39, 0.29) is 6.54 Å². The summed E-state index contributed by atoms with van der Waals surface area (Å²) >= 11 is 0. The number of hydrogen-bond acceptors (Lipinski definition) is 3. The Morgan fingerprint density at radius 2 is 1.92 bits per heavy atom. The highest BCUT2D eigenvalue weighted by Gasteiger charge is 2.15. The highest BCUT2D eigenvalue weighted by molar-refractivity contribution is 5.44. The topological polar surface area (TPSA) is 73.4 Å². The standard InChI is InChI=1S/C18H15FN4O3/c1-26-15-7-3-6-14(9-15)21-11-16-20-17(24)22(23(16)18(21)25)10-12-4-2-5-13(19)8-12/h2-9,11H,10H2,1H3,(H,20,24). The van der Waals surface area contributed by atoms with E-state index in [1.807, 2.05) is 0 Å². The van der Waals surface area contributed by atoms with Gasteiger partial charge in [0, 0.05) is 6.07 Å². The maximum atomic E-state index is 13.4. The lowest BCUT2D eigenvalue weighted by Gasteiger charge is -2.05. The van der Waals surface area contributed by atoms with Gasteiger partial charge in [-0.2, -0.15) is 4.52 Å². The number of benzene rings is 2. The zero-order valence-electron chi connectivity index (χ0n) is 13.8. The number of aromatic nitrogens is 4. The molecular formula is C18H15FN4O3. The van der Waals surface area contributed by atoms with Crippen LogP contribution in [0.25, 0.3) is 11.3 Å². The van der Waals surface area contributed by atoms with E-state index in [0.29, 0.717) is 22.6 Å². The third-order valence-electron chi connectivity index (χ3n) is 4.13. The molecule has 0 fully saturated rings. The summed E-state index contributed by atoms with van der Waals surface area (Å²) in [5.41, 5.74) is 0.673. The number of hydrogen-bond donors (Lipinski definition) is 1. The summed E-state index contributed by atoms with van der Waals surface area (Å²) in [4.78, 5) is 27.7. The summed E-state index contributed by atoms with van der Waals surface area (Å²) in [6.07, 6.45) is 1.54. The van der Waals surface area contributed by atoms with Gasteiger partial charge in [-0.15, -0.1) is 0 Å². The van der Waals surface area contributed by atoms with Crippen molar-refractivity contribution in [1.82, 2.24) is 18.7 Å². The Balaban J connectivity index is 1.85. The van der Waals surface area contributed by atoms with Crippen LogP contribution in [0.2, 0.25) is 0 Å². The second-order valence-corrected chi connectivity index (χ2v) is 5.80. The van der Waals surface area contributed by atoms with Crippen LogP contribution in [0.5, 0.6) is 5.75 Å². The SMILES string of the molecule is COc1cccc(-n2cc3[nH]c(=O)n(Cc4cccc(F)c4)n3c2=O)c1. The number of aromatic amines is 1. The van der Waals surface area contributed by atoms with E-state index in [1.54, 1.807) is 49.7 Å². The summed E-state index contributed by atoms with van der Waals surface area (Å²) in [7, 11) is 1.54. The van der Waals surface area contributed by atoms with E-state index < -0.39 is 17.2 Å². The summed E-state index contributed by atoms with van der Waals surface area (Å²) in [6, 6.07) is 12.9. The van der Waals surface area contributed by atoms with E-state index in [0.717, 1.165) is 0 Å². The minimum atomic E-state index is -0.445. The van der Waals surface area contributed by atoms with Gasteiger partial charge in [-0.25, -0.2) is 18.7 Å². The second-order valence-electron chi connectivity index (χ2n) is 5.80. The number of imidazole rings is 1. The molecule has 1 N–H and O–H groups in total. The quantitative estimate of drug-likeness (QED) is 0.607. The van der Waals surface area contributed by atoms with Crippen LogP contribution < -0.4 is 16.1 Å². The third-order valence-corrected chi connectivity index (χ3v) is 4.13. The molecule has 7 nitrogen and oxygen atoms in total. The number of methoxy groups -OCH3 is 1. The summed E-state index contributed by atoms with van der Waals surface area (Å²) in [5.74, 6) is 0.213. The van der Waals surface area contributed by atoms with Crippen LogP contribution in [0.15, 0.2) is 64.3 Å². The van der Waals surface area contributed by atoms with E-state index in [2.05, 4.69) is 4.98 Å². The van der Waals surface area contributed by atoms with Crippen LogP contribution in [-0.2, 0) is 6.54 Å². The summed E-state index contributed by atoms with van der Waals surface area (Å²) in [6.45, 7) is 0.0681. The molecule has 2 aromatic carbocycles. The normalized spacial score (nSPS) is 11.2. The average molecular weight is 354 g/mol. The van der Waals surface area contributed by atoms with Gasteiger partial charge in [0.1, 0.15) is 11.6 Å². The lowest BCUT2D eigenvalue weighted by Crippen LogP contribution is -2.30. The lowest BCUT2D eigenvalue weighted by atomic mass is 10.2. The van der Waals surface area contributed by atoms with Crippen molar-refractivity contribution in [3.63, 3.8) is 0 Å². The molecule has 8 heteroatoms. The number of nitrogens with zero attached hydrogens (tertiary/aromatic N) is 3. The van der Waals surface area contributed by atoms with E-state index in [1.165, 1.54) is 25.9 Å². The first kappa shape index (κ1) is 15.9. The minimum absolute atomic E-state index is 0.0681. The number of rotatable bonds is 4. The molecule has 0 atom stereocenters. The molecule has 2 aromatic heterocycles. The summed E-state index contributed by atoms with van der Waals surface area (Å²) in [5, 5.41) is 0. The molecule has 0 aliphatic heterocycles. The molecule has 0 unspecified atom stereocenters. The van der Waals surface area contributed by atoms with Crippen molar-refractivity contribution < 1.29 is 9.13 Å². The molecule has 4 aromatic rings. The minimum Gasteiger partial charge on any atom is -0.497 e. The molecule has 0 aliphatic rings. The van der Waals surface area contributed by atoms with Crippen molar-refractivity contribution in [3.8, 4) is 11.4 Å². The fraction of sp³-hybridized carbons (Fsp3) is 0.111. The molecule has 0 amide bonds. The second kappa shape index (κ2) is 6.07. The molecule has 2 heterocycles. The monoisotopic (exact) mass is 354 g/mol. The van der Waals surface area contributed by atoms with Gasteiger partial charge in [0.05, 0.1) is 25.5 Å². The fourth-order valence-electron chi connectivity index (χ4n) is 2.92. The van der Waals surface area contributed by atoms with E-state index >= 15 is 0 Å². The Morgan fingerprint density at radius 3 is 2.69 bits per heavy atom. The van der Waals surface area contributed by atoms with Crippen LogP contribution in [0.4, 0.5) is 4.39 Å². The molecule has 0 saturated carbocycles. The van der Waals surface area contributed by atoms with Crippen LogP contribution in [0.3, 0.4) is 0 Å². The van der Waals surface area contributed by atoms with Crippen LogP contribution in [0.1, 0.15) is 5.56 Å². The third kappa shape index (κ3) is 2.61. The van der Waals surface area contributed by atoms with Crippen LogP contribution >= 0.6 is 0 Å². The number of ether oxygens (including phenoxy) is 1. The molecule has 0 radical (unpaired) electrons. The number of nitrogens with one attached hydrogen (secondary N) is 1. The first-order valence-corrected chi connectivity index (χ1v) is 7.89. The molecule has 4 rings (SSSR count). The van der Waals surface area contributed by atoms with Crippen LogP contribution in [0, 0.1) is 5.82 Å². The predicted molar refractivity (Wildman–Crippen MR) is 93.7 cm³/mol. The zero-order chi connectivity index (χ0) is 18.3. The Bertz CT molecular complexity index is 1220. The average Bonchev–Trinajstić information content (AvgIpc) is 3.11. The largest absolute Gasteiger partial charge is 0.497 e. The molecule has 0 spiro atoms. The number of H-pyrrole nitrogens is 1. The van der Waals surface area contributed by atoms with Crippen molar-refractivity contribution in [2.45, 2.75) is 6.54 Å². The van der Waals surface area contributed by atoms with Gasteiger partial charge in [-0.1, -0.05) is 18.2 Å². The Kier molecular flexibility index (Phi) is 3.72. The van der Waals surface area contributed by atoms with Crippen molar-refractivity contribution in [1.29, 1.82) is 0 Å². The highest BCUT2D eigenvalue weighted by Crippen LogP contribution is 2.15. The molecule has 0 bridgehead atoms. The van der Waals surface area contributed by atoms with Crippen LogP contribution in [-0.4, -0.2) is 25.9 Å². The van der Waals surface area contributed by atoms with Crippen molar-refractivity contribution in [3.05, 3.63) is 87.1 Å². The van der Waals surface area contributed by atoms with Crippen molar-refractivity contribution in [2.75, 3.05) is 7.11 Å². The smallest absolute Gasteiger partial charge is 0.353 e. The van der Waals surface area contributed by atoms with Gasteiger partial charge < -0.3 is 4.74 Å². The number of halogens is 1. The Hall–Kier alpha value is -3.55. The van der Waals surface area contributed by atoms with Gasteiger partial charge in [0.2, 0.25) is 0 Å². The molecule has 0 saturated heterocycles. The van der Waals surface area contributed by atoms with E-state index in [9.17, 15) is 14.0 Å². The molecular weight excluding hydrogens is 339 g/mol. The highest BCUT2D eigenvalue weighted by atomic mass is 19.1. The van der Waals surface area contributed by atoms with Gasteiger partial charge in [-0.3, -0.25) is 9.55 Å². The zero-order valence-corrected chi connectivity index (χ0v) is 13.8. The van der Waals surface area contributed by atoms with E-state index in [4.69, 9.17) is 4.74 Å². The molecule has 0 aliphatic carbocycles. The van der Waals surface area contributed by atoms with Crippen molar-refractivity contribution >= 4 is 5.65 Å². The van der Waals surface area contributed by atoms with Gasteiger partial charge in [-0.05, 0) is 29.8 Å². The molecule has 132 valence electrons. The maximum Gasteiger partial charge on any atom is 0.353 e. The Morgan fingerprint density at radius 1 is 1.12 bits per heavy atom. The van der Waals surface area contributed by atoms with Gasteiger partial charge in [0.15, 0.2) is 5.65 Å². The maximum absolute atomic E-state index is 13.4. The summed E-state index contributed by atoms with van der Waals surface area (Å²) < 4.78 is 22.5. The number of fused-ring (bicyclic) bond motifs is 1. The van der Waals surface area contributed by atoms with Crippen molar-refractivity contribution in [2.24, 2.45) is 0 Å². The fourth-order valence-corrected chi connectivity index (χ4v) is 2.92. The van der Waals surface area contributed by atoms with Gasteiger partial charge >= 0.3 is 11.4 Å². The predicted octanol–water partition coefficient (Wildman–Crippen LogP) is 1.78. The molecule has 26 heavy (non-hydrogen) atoms. The lowest BCUT2D eigenvalue weighted by molar-refractivity contribution is 0.414. The Labute approximate surface area is 146 Å². The first-order valence-electron chi connectivity index (χ1n) is 7.89.